The van der Waals surface area contributed by atoms with Crippen molar-refractivity contribution < 1.29 is 9.90 Å². The first-order valence-electron chi connectivity index (χ1n) is 6.43. The highest BCUT2D eigenvalue weighted by Crippen LogP contribution is 2.34. The van der Waals surface area contributed by atoms with Gasteiger partial charge in [0.2, 0.25) is 0 Å². The SMILES string of the molecule is O=C(O)CC1CCN(Cc2nnnn2C2CC2)C1. The summed E-state index contributed by atoms with van der Waals surface area (Å²) < 4.78 is 1.92. The predicted octanol–water partition coefficient (Wildman–Crippen LogP) is 0.305. The molecule has 18 heavy (non-hydrogen) atoms. The molecule has 1 unspecified atom stereocenters. The molecular formula is C11H17N5O2. The van der Waals surface area contributed by atoms with E-state index in [0.29, 0.717) is 6.04 Å². The predicted molar refractivity (Wildman–Crippen MR) is 61.7 cm³/mol. The fourth-order valence-electron chi connectivity index (χ4n) is 2.59. The van der Waals surface area contributed by atoms with Gasteiger partial charge in [-0.05, 0) is 42.2 Å². The maximum Gasteiger partial charge on any atom is 0.303 e. The van der Waals surface area contributed by atoms with Crippen LogP contribution in [0.15, 0.2) is 0 Å². The molecule has 0 amide bonds. The summed E-state index contributed by atoms with van der Waals surface area (Å²) in [6.07, 6.45) is 3.56. The van der Waals surface area contributed by atoms with Crippen LogP contribution in [0.3, 0.4) is 0 Å². The van der Waals surface area contributed by atoms with Gasteiger partial charge in [-0.3, -0.25) is 9.69 Å². The quantitative estimate of drug-likeness (QED) is 0.810. The van der Waals surface area contributed by atoms with Crippen molar-refractivity contribution in [3.63, 3.8) is 0 Å². The first kappa shape index (κ1) is 11.6. The Bertz CT molecular complexity index is 442. The number of hydrogen-bond donors (Lipinski definition) is 1. The van der Waals surface area contributed by atoms with E-state index in [2.05, 4.69) is 20.4 Å². The average Bonchev–Trinajstić information content (AvgIpc) is 2.91. The molecule has 1 aromatic rings. The number of tetrazole rings is 1. The van der Waals surface area contributed by atoms with Gasteiger partial charge in [0.15, 0.2) is 5.82 Å². The molecule has 1 aromatic heterocycles. The number of carbonyl (C=O) groups is 1. The van der Waals surface area contributed by atoms with E-state index in [0.717, 1.165) is 31.9 Å². The first-order valence-corrected chi connectivity index (χ1v) is 6.43. The summed E-state index contributed by atoms with van der Waals surface area (Å²) in [6.45, 7) is 2.51. The van der Waals surface area contributed by atoms with Crippen molar-refractivity contribution >= 4 is 5.97 Å². The lowest BCUT2D eigenvalue weighted by molar-refractivity contribution is -0.138. The minimum Gasteiger partial charge on any atom is -0.481 e. The molecule has 2 heterocycles. The van der Waals surface area contributed by atoms with Crippen molar-refractivity contribution in [3.8, 4) is 0 Å². The Labute approximate surface area is 105 Å². The van der Waals surface area contributed by atoms with Crippen molar-refractivity contribution in [3.05, 3.63) is 5.82 Å². The van der Waals surface area contributed by atoms with Gasteiger partial charge in [0.1, 0.15) is 0 Å². The highest BCUT2D eigenvalue weighted by Gasteiger charge is 2.30. The molecule has 1 aliphatic heterocycles. The van der Waals surface area contributed by atoms with Crippen molar-refractivity contribution in [2.45, 2.75) is 38.3 Å². The molecule has 1 saturated heterocycles. The van der Waals surface area contributed by atoms with Crippen LogP contribution in [-0.4, -0.2) is 49.3 Å². The Balaban J connectivity index is 1.57. The summed E-state index contributed by atoms with van der Waals surface area (Å²) in [7, 11) is 0. The Morgan fingerprint density at radius 1 is 1.39 bits per heavy atom. The minimum absolute atomic E-state index is 0.268. The molecule has 0 aromatic carbocycles. The van der Waals surface area contributed by atoms with Crippen LogP contribution >= 0.6 is 0 Å². The number of aliphatic carboxylic acids is 1. The Hall–Kier alpha value is -1.50. The van der Waals surface area contributed by atoms with E-state index in [1.54, 1.807) is 0 Å². The second kappa shape index (κ2) is 4.64. The number of aromatic nitrogens is 4. The van der Waals surface area contributed by atoms with Crippen LogP contribution in [0, 0.1) is 5.92 Å². The van der Waals surface area contributed by atoms with Gasteiger partial charge in [-0.25, -0.2) is 4.68 Å². The normalized spacial score (nSPS) is 24.6. The van der Waals surface area contributed by atoms with E-state index in [9.17, 15) is 4.79 Å². The van der Waals surface area contributed by atoms with Gasteiger partial charge in [-0.2, -0.15) is 0 Å². The summed E-state index contributed by atoms with van der Waals surface area (Å²) in [4.78, 5) is 12.9. The number of carboxylic acids is 1. The average molecular weight is 251 g/mol. The summed E-state index contributed by atoms with van der Waals surface area (Å²) in [6, 6.07) is 0.493. The van der Waals surface area contributed by atoms with Crippen LogP contribution in [-0.2, 0) is 11.3 Å². The number of rotatable bonds is 5. The maximum absolute atomic E-state index is 10.7. The first-order chi connectivity index (χ1) is 8.72. The van der Waals surface area contributed by atoms with Gasteiger partial charge in [-0.15, -0.1) is 5.10 Å². The zero-order valence-corrected chi connectivity index (χ0v) is 10.2. The molecule has 1 aliphatic carbocycles. The number of carboxylic acid groups (broad SMARTS) is 1. The topological polar surface area (TPSA) is 84.1 Å². The molecule has 2 aliphatic rings. The van der Waals surface area contributed by atoms with Crippen LogP contribution in [0.2, 0.25) is 0 Å². The van der Waals surface area contributed by atoms with Crippen LogP contribution in [0.25, 0.3) is 0 Å². The lowest BCUT2D eigenvalue weighted by atomic mass is 10.1. The highest BCUT2D eigenvalue weighted by atomic mass is 16.4. The summed E-state index contributed by atoms with van der Waals surface area (Å²) in [5.41, 5.74) is 0. The van der Waals surface area contributed by atoms with Gasteiger partial charge < -0.3 is 5.11 Å². The van der Waals surface area contributed by atoms with Gasteiger partial charge in [0.25, 0.3) is 0 Å². The molecule has 98 valence electrons. The second-order valence-corrected chi connectivity index (χ2v) is 5.26. The van der Waals surface area contributed by atoms with Gasteiger partial charge >= 0.3 is 5.97 Å². The molecule has 3 rings (SSSR count). The van der Waals surface area contributed by atoms with Crippen LogP contribution in [0.5, 0.6) is 0 Å². The van der Waals surface area contributed by atoms with E-state index < -0.39 is 5.97 Å². The van der Waals surface area contributed by atoms with Gasteiger partial charge in [0, 0.05) is 13.0 Å². The third-order valence-electron chi connectivity index (χ3n) is 3.65. The fraction of sp³-hybridized carbons (Fsp3) is 0.818. The Kier molecular flexibility index (Phi) is 2.99. The van der Waals surface area contributed by atoms with E-state index in [4.69, 9.17) is 5.11 Å². The van der Waals surface area contributed by atoms with E-state index in [1.165, 1.54) is 12.8 Å². The third-order valence-corrected chi connectivity index (χ3v) is 3.65. The molecule has 0 bridgehead atoms. The number of nitrogens with zero attached hydrogens (tertiary/aromatic N) is 5. The van der Waals surface area contributed by atoms with Crippen LogP contribution in [0.1, 0.15) is 37.5 Å². The molecule has 0 spiro atoms. The third kappa shape index (κ3) is 2.50. The second-order valence-electron chi connectivity index (χ2n) is 5.26. The summed E-state index contributed by atoms with van der Waals surface area (Å²) in [5, 5.41) is 20.6. The summed E-state index contributed by atoms with van der Waals surface area (Å²) in [5.74, 6) is 0.478. The largest absolute Gasteiger partial charge is 0.481 e. The van der Waals surface area contributed by atoms with Crippen LogP contribution in [0.4, 0.5) is 0 Å². The van der Waals surface area contributed by atoms with E-state index in [-0.39, 0.29) is 12.3 Å². The molecule has 2 fully saturated rings. The molecular weight excluding hydrogens is 234 g/mol. The van der Waals surface area contributed by atoms with Crippen molar-refractivity contribution in [2.24, 2.45) is 5.92 Å². The number of hydrogen-bond acceptors (Lipinski definition) is 5. The molecule has 7 heteroatoms. The molecule has 0 radical (unpaired) electrons. The zero-order valence-electron chi connectivity index (χ0n) is 10.2. The van der Waals surface area contributed by atoms with Gasteiger partial charge in [-0.1, -0.05) is 0 Å². The monoisotopic (exact) mass is 251 g/mol. The molecule has 7 nitrogen and oxygen atoms in total. The molecule has 1 atom stereocenters. The zero-order chi connectivity index (χ0) is 12.5. The Morgan fingerprint density at radius 2 is 2.22 bits per heavy atom. The molecule has 1 saturated carbocycles. The Morgan fingerprint density at radius 3 is 2.94 bits per heavy atom. The van der Waals surface area contributed by atoms with Crippen molar-refractivity contribution in [1.82, 2.24) is 25.1 Å². The van der Waals surface area contributed by atoms with Crippen molar-refractivity contribution in [1.29, 1.82) is 0 Å². The van der Waals surface area contributed by atoms with Crippen molar-refractivity contribution in [2.75, 3.05) is 13.1 Å². The molecule has 1 N–H and O–H groups in total. The lowest BCUT2D eigenvalue weighted by Gasteiger charge is -2.14. The van der Waals surface area contributed by atoms with E-state index in [1.807, 2.05) is 4.68 Å². The van der Waals surface area contributed by atoms with Crippen LogP contribution < -0.4 is 0 Å². The van der Waals surface area contributed by atoms with Gasteiger partial charge in [0.05, 0.1) is 12.6 Å². The minimum atomic E-state index is -0.704. The maximum atomic E-state index is 10.7. The highest BCUT2D eigenvalue weighted by molar-refractivity contribution is 5.67. The fourth-order valence-corrected chi connectivity index (χ4v) is 2.59. The standard InChI is InChI=1S/C11H17N5O2/c17-11(18)5-8-3-4-15(6-8)7-10-12-13-14-16(10)9-1-2-9/h8-9H,1-7H2,(H,17,18). The number of likely N-dealkylation sites (tertiary alicyclic amines) is 1. The van der Waals surface area contributed by atoms with E-state index >= 15 is 0 Å². The smallest absolute Gasteiger partial charge is 0.303 e. The lowest BCUT2D eigenvalue weighted by Crippen LogP contribution is -2.23. The summed E-state index contributed by atoms with van der Waals surface area (Å²) >= 11 is 0.